The Morgan fingerprint density at radius 2 is 1.75 bits per heavy atom. The van der Waals surface area contributed by atoms with Gasteiger partial charge in [-0.1, -0.05) is 22.9 Å². The molecule has 0 fully saturated rings. The van der Waals surface area contributed by atoms with Gasteiger partial charge in [0.15, 0.2) is 22.6 Å². The van der Waals surface area contributed by atoms with Gasteiger partial charge in [0.25, 0.3) is 0 Å². The van der Waals surface area contributed by atoms with Crippen molar-refractivity contribution in [3.63, 3.8) is 0 Å². The number of thiazole rings is 1. The first-order valence-corrected chi connectivity index (χ1v) is 13.0. The number of hydrogen-bond donors (Lipinski definition) is 2. The van der Waals surface area contributed by atoms with E-state index in [1.54, 1.807) is 19.2 Å². The number of benzene rings is 2. The first-order valence-electron chi connectivity index (χ1n) is 11.8. The summed E-state index contributed by atoms with van der Waals surface area (Å²) in [6, 6.07) is 4.43. The summed E-state index contributed by atoms with van der Waals surface area (Å²) in [6.45, 7) is 3.03. The Morgan fingerprint density at radius 1 is 1.00 bits per heavy atom. The van der Waals surface area contributed by atoms with Gasteiger partial charge in [-0.3, -0.25) is 9.25 Å². The minimum atomic E-state index is -1.38. The topological polar surface area (TPSA) is 125 Å². The van der Waals surface area contributed by atoms with Gasteiger partial charge in [0.2, 0.25) is 5.95 Å². The van der Waals surface area contributed by atoms with Crippen molar-refractivity contribution >= 4 is 49.9 Å². The van der Waals surface area contributed by atoms with Crippen LogP contribution in [0.3, 0.4) is 0 Å². The predicted molar refractivity (Wildman–Crippen MR) is 145 cm³/mol. The summed E-state index contributed by atoms with van der Waals surface area (Å²) >= 11 is 7.84. The molecule has 0 amide bonds. The van der Waals surface area contributed by atoms with Gasteiger partial charge in [0, 0.05) is 24.7 Å². The van der Waals surface area contributed by atoms with Crippen molar-refractivity contribution in [2.75, 3.05) is 10.6 Å². The van der Waals surface area contributed by atoms with Gasteiger partial charge >= 0.3 is 11.4 Å². The summed E-state index contributed by atoms with van der Waals surface area (Å²) in [4.78, 5) is 39.0. The van der Waals surface area contributed by atoms with Gasteiger partial charge < -0.3 is 10.6 Å². The Morgan fingerprint density at radius 3 is 2.45 bits per heavy atom. The highest BCUT2D eigenvalue weighted by Crippen LogP contribution is 2.34. The van der Waals surface area contributed by atoms with Gasteiger partial charge in [-0.25, -0.2) is 37.3 Å². The molecular weight excluding hydrogens is 571 g/mol. The molecule has 11 nitrogen and oxygen atoms in total. The monoisotopic (exact) mass is 591 g/mol. The summed E-state index contributed by atoms with van der Waals surface area (Å²) in [7, 11) is 1.61. The fourth-order valence-corrected chi connectivity index (χ4v) is 5.07. The molecule has 0 atom stereocenters. The van der Waals surface area contributed by atoms with Crippen LogP contribution in [0.5, 0.6) is 0 Å². The lowest BCUT2D eigenvalue weighted by molar-refractivity contribution is 0.485. The van der Waals surface area contributed by atoms with E-state index in [2.05, 4.69) is 30.7 Å². The summed E-state index contributed by atoms with van der Waals surface area (Å²) in [6.07, 6.45) is 1.39. The van der Waals surface area contributed by atoms with Crippen molar-refractivity contribution in [3.8, 4) is 0 Å². The lowest BCUT2D eigenvalue weighted by Crippen LogP contribution is -2.43. The Hall–Kier alpha value is -4.24. The van der Waals surface area contributed by atoms with E-state index in [-0.39, 0.29) is 40.6 Å². The third-order valence-electron chi connectivity index (χ3n) is 5.65. The predicted octanol–water partition coefficient (Wildman–Crippen LogP) is 3.87. The smallest absolute Gasteiger partial charge is 0.355 e. The average Bonchev–Trinajstić information content (AvgIpc) is 3.46. The zero-order valence-electron chi connectivity index (χ0n) is 21.2. The van der Waals surface area contributed by atoms with Crippen molar-refractivity contribution in [2.24, 2.45) is 7.05 Å². The molecule has 0 saturated carbocycles. The number of halogens is 4. The molecule has 2 N–H and O–H groups in total. The number of nitrogens with one attached hydrogen (secondary N) is 2. The van der Waals surface area contributed by atoms with E-state index in [1.807, 2.05) is 13.8 Å². The fraction of sp³-hybridized carbons (Fsp3) is 0.250. The van der Waals surface area contributed by atoms with Crippen LogP contribution in [0.4, 0.5) is 29.9 Å². The first kappa shape index (κ1) is 27.3. The number of hydrogen-bond acceptors (Lipinski definition) is 9. The van der Waals surface area contributed by atoms with E-state index >= 15 is 0 Å². The maximum atomic E-state index is 14.6. The Bertz CT molecular complexity index is 1870. The van der Waals surface area contributed by atoms with Crippen molar-refractivity contribution < 1.29 is 13.2 Å². The van der Waals surface area contributed by atoms with Gasteiger partial charge in [-0.15, -0.1) is 0 Å². The third kappa shape index (κ3) is 5.56. The molecule has 2 aromatic carbocycles. The molecule has 0 bridgehead atoms. The molecule has 0 spiro atoms. The number of fused-ring (bicyclic) bond motifs is 1. The van der Waals surface area contributed by atoms with Crippen LogP contribution in [0.2, 0.25) is 5.02 Å². The van der Waals surface area contributed by atoms with E-state index < -0.39 is 35.4 Å². The molecule has 16 heteroatoms. The van der Waals surface area contributed by atoms with Crippen molar-refractivity contribution in [1.82, 2.24) is 33.9 Å². The van der Waals surface area contributed by atoms with Crippen molar-refractivity contribution in [2.45, 2.75) is 33.0 Å². The van der Waals surface area contributed by atoms with E-state index in [1.165, 1.54) is 22.3 Å². The molecule has 0 saturated heterocycles. The van der Waals surface area contributed by atoms with Crippen LogP contribution in [0.15, 0.2) is 40.2 Å². The summed E-state index contributed by atoms with van der Waals surface area (Å²) in [5.41, 5.74) is -1.31. The Kier molecular flexibility index (Phi) is 7.33. The second-order valence-corrected chi connectivity index (χ2v) is 10.5. The number of nitrogens with zero attached hydrogens (tertiary/aromatic N) is 7. The van der Waals surface area contributed by atoms with Crippen molar-refractivity contribution in [1.29, 1.82) is 0 Å². The number of aromatic nitrogens is 7. The molecule has 5 rings (SSSR count). The minimum absolute atomic E-state index is 0.150. The van der Waals surface area contributed by atoms with Gasteiger partial charge in [-0.2, -0.15) is 10.1 Å². The van der Waals surface area contributed by atoms with E-state index in [0.29, 0.717) is 22.8 Å². The van der Waals surface area contributed by atoms with E-state index in [0.717, 1.165) is 13.8 Å². The lowest BCUT2D eigenvalue weighted by Gasteiger charge is -2.16. The lowest BCUT2D eigenvalue weighted by atomic mass is 10.2. The molecule has 40 heavy (non-hydrogen) atoms. The van der Waals surface area contributed by atoms with Crippen LogP contribution < -0.4 is 22.0 Å². The zero-order valence-corrected chi connectivity index (χ0v) is 22.8. The fourth-order valence-electron chi connectivity index (χ4n) is 3.83. The third-order valence-corrected chi connectivity index (χ3v) is 6.91. The van der Waals surface area contributed by atoms with Gasteiger partial charge in [0.1, 0.15) is 12.1 Å². The SMILES string of the molecule is CC(C)Nc1nc2cc(Cl)c(Nc3nc(=O)n(Cc4ncn(C)n4)c(=O)n3Cc3cc(F)c(F)cc3F)cc2s1. The molecule has 5 aromatic rings. The molecule has 208 valence electrons. The maximum absolute atomic E-state index is 14.6. The van der Waals surface area contributed by atoms with Crippen LogP contribution in [-0.2, 0) is 20.1 Å². The molecule has 3 heterocycles. The Labute approximate surface area is 232 Å². The van der Waals surface area contributed by atoms with E-state index in [9.17, 15) is 22.8 Å². The van der Waals surface area contributed by atoms with Crippen LogP contribution in [0, 0.1) is 17.5 Å². The van der Waals surface area contributed by atoms with Crippen LogP contribution in [0.1, 0.15) is 25.2 Å². The van der Waals surface area contributed by atoms with Crippen LogP contribution >= 0.6 is 22.9 Å². The first-order chi connectivity index (χ1) is 19.0. The molecule has 0 aliphatic carbocycles. The molecule has 3 aromatic heterocycles. The van der Waals surface area contributed by atoms with Gasteiger partial charge in [-0.05, 0) is 32.0 Å². The minimum Gasteiger partial charge on any atom is -0.359 e. The average molecular weight is 592 g/mol. The summed E-state index contributed by atoms with van der Waals surface area (Å²) in [5.74, 6) is -3.92. The number of anilines is 3. The number of rotatable bonds is 8. The molecule has 0 unspecified atom stereocenters. The summed E-state index contributed by atoms with van der Waals surface area (Å²) < 4.78 is 45.9. The maximum Gasteiger partial charge on any atom is 0.355 e. The highest BCUT2D eigenvalue weighted by atomic mass is 35.5. The largest absolute Gasteiger partial charge is 0.359 e. The van der Waals surface area contributed by atoms with E-state index in [4.69, 9.17) is 11.6 Å². The molecular formula is C24H21ClF3N9O2S. The van der Waals surface area contributed by atoms with Crippen molar-refractivity contribution in [3.05, 3.63) is 85.4 Å². The number of aryl methyl sites for hydroxylation is 1. The molecule has 0 radical (unpaired) electrons. The molecule has 0 aliphatic heterocycles. The second-order valence-electron chi connectivity index (χ2n) is 9.11. The standard InChI is InChI=1S/C24H21ClF3N9O2S/c1-11(2)30-22-32-18-5-13(25)17(7-19(18)40-22)31-21-33-23(38)37(9-20-29-10-35(3)34-20)24(39)36(21)8-12-4-15(27)16(28)6-14(12)26/h4-7,10-11H,8-9H2,1-3H3,(H,30,32)(H,31,33,38). The quantitative estimate of drug-likeness (QED) is 0.261. The Balaban J connectivity index is 1.61. The second kappa shape index (κ2) is 10.7. The highest BCUT2D eigenvalue weighted by molar-refractivity contribution is 7.22. The summed E-state index contributed by atoms with van der Waals surface area (Å²) in [5, 5.41) is 11.0. The zero-order chi connectivity index (χ0) is 28.7. The molecule has 0 aliphatic rings. The normalized spacial score (nSPS) is 11.5. The van der Waals surface area contributed by atoms with Crippen LogP contribution in [-0.4, -0.2) is 39.9 Å². The van der Waals surface area contributed by atoms with Crippen LogP contribution in [0.25, 0.3) is 10.2 Å². The highest BCUT2D eigenvalue weighted by Gasteiger charge is 2.20. The van der Waals surface area contributed by atoms with Gasteiger partial charge in [0.05, 0.1) is 34.0 Å².